The van der Waals surface area contributed by atoms with Gasteiger partial charge in [-0.3, -0.25) is 9.59 Å². The van der Waals surface area contributed by atoms with Gasteiger partial charge in [0.25, 0.3) is 5.91 Å². The van der Waals surface area contributed by atoms with E-state index in [4.69, 9.17) is 0 Å². The molecule has 0 spiro atoms. The predicted molar refractivity (Wildman–Crippen MR) is 90.4 cm³/mol. The molecule has 0 unspecified atom stereocenters. The van der Waals surface area contributed by atoms with E-state index in [1.165, 1.54) is 0 Å². The molecule has 0 aliphatic heterocycles. The summed E-state index contributed by atoms with van der Waals surface area (Å²) in [5.41, 5.74) is -0.134. The van der Waals surface area contributed by atoms with Crippen LogP contribution < -0.4 is 10.0 Å². The first kappa shape index (κ1) is 22.9. The molecule has 0 aromatic heterocycles. The van der Waals surface area contributed by atoms with Crippen molar-refractivity contribution in [1.82, 2.24) is 10.0 Å². The first-order valence-corrected chi connectivity index (χ1v) is 9.39. The van der Waals surface area contributed by atoms with E-state index in [-0.39, 0.29) is 22.8 Å². The molecule has 1 atom stereocenters. The fourth-order valence-electron chi connectivity index (χ4n) is 2.13. The van der Waals surface area contributed by atoms with Crippen LogP contribution in [0.1, 0.15) is 30.6 Å². The second kappa shape index (κ2) is 9.18. The standard InChI is InChI=1S/C16H21F3N2O5S/c1-10(2)8-13(15(23)26-3)21-27(24,25)12-6-4-11(5-7-12)14(22)20-9-16(17,18)19/h4-7,10,13,21H,8-9H2,1-3H3,(H,20,22)/t13-/m0/s1. The summed E-state index contributed by atoms with van der Waals surface area (Å²) in [6.45, 7) is 2.11. The molecule has 1 aromatic carbocycles. The van der Waals surface area contributed by atoms with Crippen LogP contribution in [0.15, 0.2) is 29.2 Å². The number of sulfonamides is 1. The van der Waals surface area contributed by atoms with Crippen molar-refractivity contribution in [2.45, 2.75) is 37.4 Å². The Kier molecular flexibility index (Phi) is 7.78. The minimum absolute atomic E-state index is 0.0107. The molecule has 1 rings (SSSR count). The third-order valence-corrected chi connectivity index (χ3v) is 4.85. The number of carbonyl (C=O) groups is 2. The van der Waals surface area contributed by atoms with Crippen LogP contribution in [0.5, 0.6) is 0 Å². The van der Waals surface area contributed by atoms with E-state index >= 15 is 0 Å². The maximum atomic E-state index is 12.4. The number of halogens is 3. The predicted octanol–water partition coefficient (Wildman–Crippen LogP) is 1.84. The number of hydrogen-bond donors (Lipinski definition) is 2. The van der Waals surface area contributed by atoms with E-state index in [9.17, 15) is 31.2 Å². The van der Waals surface area contributed by atoms with Gasteiger partial charge in [-0.15, -0.1) is 0 Å². The highest BCUT2D eigenvalue weighted by Gasteiger charge is 2.29. The monoisotopic (exact) mass is 410 g/mol. The Morgan fingerprint density at radius 3 is 2.15 bits per heavy atom. The van der Waals surface area contributed by atoms with Crippen molar-refractivity contribution in [3.05, 3.63) is 29.8 Å². The average Bonchev–Trinajstić information content (AvgIpc) is 2.57. The van der Waals surface area contributed by atoms with Gasteiger partial charge in [-0.05, 0) is 36.6 Å². The van der Waals surface area contributed by atoms with Crippen molar-refractivity contribution < 1.29 is 35.9 Å². The lowest BCUT2D eigenvalue weighted by Gasteiger charge is -2.18. The number of benzene rings is 1. The fourth-order valence-corrected chi connectivity index (χ4v) is 3.33. The van der Waals surface area contributed by atoms with Gasteiger partial charge in [0.2, 0.25) is 10.0 Å². The summed E-state index contributed by atoms with van der Waals surface area (Å²) in [5.74, 6) is -1.72. The summed E-state index contributed by atoms with van der Waals surface area (Å²) in [5, 5.41) is 1.68. The molecule has 0 bridgehead atoms. The van der Waals surface area contributed by atoms with Crippen LogP contribution in [0.25, 0.3) is 0 Å². The molecule has 27 heavy (non-hydrogen) atoms. The van der Waals surface area contributed by atoms with Gasteiger partial charge in [0.1, 0.15) is 12.6 Å². The minimum atomic E-state index is -4.55. The average molecular weight is 410 g/mol. The Morgan fingerprint density at radius 2 is 1.70 bits per heavy atom. The Bertz CT molecular complexity index is 761. The third kappa shape index (κ3) is 7.55. The minimum Gasteiger partial charge on any atom is -0.468 e. The van der Waals surface area contributed by atoms with Crippen molar-refractivity contribution in [2.24, 2.45) is 5.92 Å². The van der Waals surface area contributed by atoms with Gasteiger partial charge in [-0.1, -0.05) is 13.8 Å². The van der Waals surface area contributed by atoms with Gasteiger partial charge in [0, 0.05) is 5.56 Å². The molecular weight excluding hydrogens is 389 g/mol. The van der Waals surface area contributed by atoms with Gasteiger partial charge in [-0.2, -0.15) is 17.9 Å². The Balaban J connectivity index is 2.91. The van der Waals surface area contributed by atoms with Crippen molar-refractivity contribution in [3.63, 3.8) is 0 Å². The van der Waals surface area contributed by atoms with Crippen LogP contribution in [0, 0.1) is 5.92 Å². The van der Waals surface area contributed by atoms with Gasteiger partial charge < -0.3 is 10.1 Å². The van der Waals surface area contributed by atoms with Gasteiger partial charge in [-0.25, -0.2) is 8.42 Å². The zero-order valence-electron chi connectivity index (χ0n) is 15.0. The lowest BCUT2D eigenvalue weighted by Crippen LogP contribution is -2.42. The normalized spacial score (nSPS) is 13.3. The van der Waals surface area contributed by atoms with Gasteiger partial charge >= 0.3 is 12.1 Å². The number of methoxy groups -OCH3 is 1. The summed E-state index contributed by atoms with van der Waals surface area (Å²) >= 11 is 0. The van der Waals surface area contributed by atoms with E-state index in [2.05, 4.69) is 9.46 Å². The highest BCUT2D eigenvalue weighted by atomic mass is 32.2. The summed E-state index contributed by atoms with van der Waals surface area (Å²) in [7, 11) is -2.96. The molecule has 1 amide bonds. The molecule has 11 heteroatoms. The van der Waals surface area contributed by atoms with Crippen LogP contribution in [-0.2, 0) is 19.6 Å². The van der Waals surface area contributed by atoms with Gasteiger partial charge in [0.05, 0.1) is 12.0 Å². The molecule has 2 N–H and O–H groups in total. The molecule has 7 nitrogen and oxygen atoms in total. The highest BCUT2D eigenvalue weighted by Crippen LogP contribution is 2.15. The SMILES string of the molecule is COC(=O)[C@H](CC(C)C)NS(=O)(=O)c1ccc(C(=O)NCC(F)(F)F)cc1. The molecule has 0 fully saturated rings. The molecule has 0 aliphatic carbocycles. The van der Waals surface area contributed by atoms with Crippen LogP contribution in [0.4, 0.5) is 13.2 Å². The number of rotatable bonds is 8. The number of nitrogens with one attached hydrogen (secondary N) is 2. The quantitative estimate of drug-likeness (QED) is 0.637. The van der Waals surface area contributed by atoms with E-state index in [0.717, 1.165) is 31.4 Å². The van der Waals surface area contributed by atoms with Gasteiger partial charge in [0.15, 0.2) is 0 Å². The summed E-state index contributed by atoms with van der Waals surface area (Å²) < 4.78 is 68.0. The zero-order chi connectivity index (χ0) is 20.8. The van der Waals surface area contributed by atoms with E-state index < -0.39 is 40.7 Å². The number of esters is 1. The number of hydrogen-bond acceptors (Lipinski definition) is 5. The number of ether oxygens (including phenoxy) is 1. The Hall–Kier alpha value is -2.14. The van der Waals surface area contributed by atoms with Crippen LogP contribution in [0.3, 0.4) is 0 Å². The molecule has 0 radical (unpaired) electrons. The number of alkyl halides is 3. The first-order valence-electron chi connectivity index (χ1n) is 7.91. The molecule has 152 valence electrons. The smallest absolute Gasteiger partial charge is 0.405 e. The highest BCUT2D eigenvalue weighted by molar-refractivity contribution is 7.89. The van der Waals surface area contributed by atoms with Crippen molar-refractivity contribution in [3.8, 4) is 0 Å². The second-order valence-electron chi connectivity index (χ2n) is 6.15. The Labute approximate surface area is 155 Å². The molecule has 0 saturated carbocycles. The topological polar surface area (TPSA) is 102 Å². The first-order chi connectivity index (χ1) is 12.4. The number of carbonyl (C=O) groups excluding carboxylic acids is 2. The van der Waals surface area contributed by atoms with Crippen LogP contribution in [-0.4, -0.2) is 46.2 Å². The maximum absolute atomic E-state index is 12.4. The summed E-state index contributed by atoms with van der Waals surface area (Å²) in [6.07, 6.45) is -4.34. The van der Waals surface area contributed by atoms with E-state index in [1.807, 2.05) is 0 Å². The third-order valence-electron chi connectivity index (χ3n) is 3.37. The zero-order valence-corrected chi connectivity index (χ0v) is 15.8. The summed E-state index contributed by atoms with van der Waals surface area (Å²) in [4.78, 5) is 23.2. The largest absolute Gasteiger partial charge is 0.468 e. The van der Waals surface area contributed by atoms with Crippen molar-refractivity contribution in [2.75, 3.05) is 13.7 Å². The Morgan fingerprint density at radius 1 is 1.15 bits per heavy atom. The molecule has 1 aromatic rings. The van der Waals surface area contributed by atoms with Crippen molar-refractivity contribution in [1.29, 1.82) is 0 Å². The van der Waals surface area contributed by atoms with E-state index in [0.29, 0.717) is 0 Å². The van der Waals surface area contributed by atoms with Crippen LogP contribution in [0.2, 0.25) is 0 Å². The van der Waals surface area contributed by atoms with Crippen molar-refractivity contribution >= 4 is 21.9 Å². The summed E-state index contributed by atoms with van der Waals surface area (Å²) in [6, 6.07) is 3.20. The molecular formula is C16H21F3N2O5S. The van der Waals surface area contributed by atoms with Crippen LogP contribution >= 0.6 is 0 Å². The fraction of sp³-hybridized carbons (Fsp3) is 0.500. The molecule has 0 aliphatic rings. The second-order valence-corrected chi connectivity index (χ2v) is 7.86. The number of amides is 1. The lowest BCUT2D eigenvalue weighted by molar-refractivity contribution is -0.143. The maximum Gasteiger partial charge on any atom is 0.405 e. The molecule has 0 saturated heterocycles. The molecule has 0 heterocycles. The lowest BCUT2D eigenvalue weighted by atomic mass is 10.1. The van der Waals surface area contributed by atoms with E-state index in [1.54, 1.807) is 19.2 Å².